The molecule has 0 spiro atoms. The normalized spacial score (nSPS) is 18.9. The number of hydrogen-bond donors (Lipinski definition) is 0. The van der Waals surface area contributed by atoms with Crippen molar-refractivity contribution in [2.45, 2.75) is 64.2 Å². The van der Waals surface area contributed by atoms with E-state index in [2.05, 4.69) is 29.2 Å². The van der Waals surface area contributed by atoms with E-state index in [1.54, 1.807) is 0 Å². The van der Waals surface area contributed by atoms with E-state index in [1.807, 2.05) is 17.0 Å². The van der Waals surface area contributed by atoms with Crippen LogP contribution in [0, 0.1) is 12.8 Å². The Bertz CT molecular complexity index is 754. The van der Waals surface area contributed by atoms with Gasteiger partial charge in [0.25, 0.3) is 0 Å². The van der Waals surface area contributed by atoms with Gasteiger partial charge in [-0.15, -0.1) is 0 Å². The van der Waals surface area contributed by atoms with Crippen molar-refractivity contribution in [2.75, 3.05) is 13.1 Å². The van der Waals surface area contributed by atoms with Gasteiger partial charge in [-0.1, -0.05) is 60.7 Å². The molecule has 1 aliphatic heterocycles. The third-order valence-corrected chi connectivity index (χ3v) is 6.19. The van der Waals surface area contributed by atoms with Gasteiger partial charge in [0.15, 0.2) is 0 Å². The number of amides is 1. The predicted octanol–water partition coefficient (Wildman–Crippen LogP) is 4.72. The highest BCUT2D eigenvalue weighted by molar-refractivity contribution is 5.76. The average molecular weight is 367 g/mol. The molecule has 2 heterocycles. The Balaban J connectivity index is 1.29. The van der Waals surface area contributed by atoms with Gasteiger partial charge in [-0.3, -0.25) is 4.79 Å². The summed E-state index contributed by atoms with van der Waals surface area (Å²) in [6.45, 7) is 3.67. The zero-order valence-corrected chi connectivity index (χ0v) is 16.2. The van der Waals surface area contributed by atoms with Crippen LogP contribution in [0.4, 0.5) is 0 Å². The number of hydrogen-bond acceptors (Lipinski definition) is 4. The van der Waals surface area contributed by atoms with Crippen molar-refractivity contribution in [3.05, 3.63) is 35.7 Å². The van der Waals surface area contributed by atoms with Crippen LogP contribution >= 0.6 is 0 Å². The molecule has 2 aliphatic rings. The summed E-state index contributed by atoms with van der Waals surface area (Å²) >= 11 is 0. The van der Waals surface area contributed by atoms with Crippen LogP contribution in [-0.2, 0) is 4.79 Å². The molecule has 1 aromatic carbocycles. The van der Waals surface area contributed by atoms with Gasteiger partial charge in [0.05, 0.1) is 0 Å². The molecule has 1 saturated heterocycles. The highest BCUT2D eigenvalue weighted by Crippen LogP contribution is 2.31. The zero-order valence-electron chi connectivity index (χ0n) is 16.2. The van der Waals surface area contributed by atoms with Crippen LogP contribution < -0.4 is 0 Å². The summed E-state index contributed by atoms with van der Waals surface area (Å²) in [4.78, 5) is 19.1. The Morgan fingerprint density at radius 3 is 2.52 bits per heavy atom. The Hall–Kier alpha value is -2.17. The maximum absolute atomic E-state index is 12.5. The first-order valence-corrected chi connectivity index (χ1v) is 10.4. The van der Waals surface area contributed by atoms with E-state index in [1.165, 1.54) is 31.2 Å². The summed E-state index contributed by atoms with van der Waals surface area (Å²) in [6, 6.07) is 8.16. The molecule has 144 valence electrons. The number of benzene rings is 1. The fraction of sp³-hybridized carbons (Fsp3) is 0.591. The molecule has 27 heavy (non-hydrogen) atoms. The smallest absolute Gasteiger partial charge is 0.230 e. The number of rotatable bonds is 5. The van der Waals surface area contributed by atoms with Gasteiger partial charge in [-0.05, 0) is 32.1 Å². The third-order valence-electron chi connectivity index (χ3n) is 6.19. The first-order chi connectivity index (χ1) is 13.2. The summed E-state index contributed by atoms with van der Waals surface area (Å²) in [6.07, 6.45) is 8.93. The SMILES string of the molecule is Cc1ccc(-c2noc(C3CCN(C(=O)CCC4CCCC4)CC3)n2)cc1. The number of aryl methyl sites for hydroxylation is 1. The van der Waals surface area contributed by atoms with Crippen LogP contribution in [0.25, 0.3) is 11.4 Å². The van der Waals surface area contributed by atoms with Crippen molar-refractivity contribution >= 4 is 5.91 Å². The molecule has 5 nitrogen and oxygen atoms in total. The predicted molar refractivity (Wildman–Crippen MR) is 104 cm³/mol. The van der Waals surface area contributed by atoms with Crippen LogP contribution in [0.1, 0.15) is 68.7 Å². The van der Waals surface area contributed by atoms with E-state index in [-0.39, 0.29) is 5.92 Å². The first-order valence-electron chi connectivity index (χ1n) is 10.4. The maximum atomic E-state index is 12.5. The number of carbonyl (C=O) groups is 1. The third kappa shape index (κ3) is 4.40. The summed E-state index contributed by atoms with van der Waals surface area (Å²) in [5.41, 5.74) is 2.20. The van der Waals surface area contributed by atoms with Crippen molar-refractivity contribution in [3.8, 4) is 11.4 Å². The van der Waals surface area contributed by atoms with Crippen molar-refractivity contribution in [3.63, 3.8) is 0 Å². The molecule has 2 aromatic rings. The quantitative estimate of drug-likeness (QED) is 0.767. The van der Waals surface area contributed by atoms with Gasteiger partial charge in [0.1, 0.15) is 0 Å². The summed E-state index contributed by atoms with van der Waals surface area (Å²) in [7, 11) is 0. The molecule has 1 aromatic heterocycles. The number of carbonyl (C=O) groups excluding carboxylic acids is 1. The Morgan fingerprint density at radius 2 is 1.81 bits per heavy atom. The minimum Gasteiger partial charge on any atom is -0.343 e. The number of aromatic nitrogens is 2. The van der Waals surface area contributed by atoms with E-state index in [4.69, 9.17) is 4.52 Å². The molecular formula is C22H29N3O2. The van der Waals surface area contributed by atoms with Crippen LogP contribution in [-0.4, -0.2) is 34.0 Å². The lowest BCUT2D eigenvalue weighted by Gasteiger charge is -2.30. The van der Waals surface area contributed by atoms with E-state index in [9.17, 15) is 4.79 Å². The molecule has 0 unspecified atom stereocenters. The molecule has 0 radical (unpaired) electrons. The summed E-state index contributed by atoms with van der Waals surface area (Å²) < 4.78 is 5.53. The Labute approximate surface area is 161 Å². The summed E-state index contributed by atoms with van der Waals surface area (Å²) in [5, 5.41) is 4.15. The standard InChI is InChI=1S/C22H29N3O2/c1-16-6-9-18(10-7-16)21-23-22(27-24-21)19-12-14-25(15-13-19)20(26)11-8-17-4-2-3-5-17/h6-7,9-10,17,19H,2-5,8,11-15H2,1H3. The fourth-order valence-electron chi connectivity index (χ4n) is 4.38. The van der Waals surface area contributed by atoms with Crippen molar-refractivity contribution in [2.24, 2.45) is 5.92 Å². The lowest BCUT2D eigenvalue weighted by molar-refractivity contribution is -0.132. The molecular weight excluding hydrogens is 338 g/mol. The maximum Gasteiger partial charge on any atom is 0.230 e. The topological polar surface area (TPSA) is 59.2 Å². The second kappa shape index (κ2) is 8.24. The van der Waals surface area contributed by atoms with E-state index in [0.29, 0.717) is 24.0 Å². The average Bonchev–Trinajstić information content (AvgIpc) is 3.39. The van der Waals surface area contributed by atoms with Crippen LogP contribution in [0.3, 0.4) is 0 Å². The molecule has 1 amide bonds. The van der Waals surface area contributed by atoms with Crippen molar-refractivity contribution in [1.29, 1.82) is 0 Å². The van der Waals surface area contributed by atoms with Crippen LogP contribution in [0.5, 0.6) is 0 Å². The first kappa shape index (κ1) is 18.2. The lowest BCUT2D eigenvalue weighted by Crippen LogP contribution is -2.38. The molecule has 0 bridgehead atoms. The monoisotopic (exact) mass is 367 g/mol. The minimum absolute atomic E-state index is 0.260. The largest absolute Gasteiger partial charge is 0.343 e. The molecule has 1 saturated carbocycles. The molecule has 5 heteroatoms. The second-order valence-corrected chi connectivity index (χ2v) is 8.17. The number of nitrogens with zero attached hydrogens (tertiary/aromatic N) is 3. The van der Waals surface area contributed by atoms with Crippen LogP contribution in [0.2, 0.25) is 0 Å². The Kier molecular flexibility index (Phi) is 5.55. The molecule has 0 atom stereocenters. The van der Waals surface area contributed by atoms with Crippen LogP contribution in [0.15, 0.2) is 28.8 Å². The zero-order chi connectivity index (χ0) is 18.6. The van der Waals surface area contributed by atoms with E-state index >= 15 is 0 Å². The van der Waals surface area contributed by atoms with Crippen molar-refractivity contribution < 1.29 is 9.32 Å². The lowest BCUT2D eigenvalue weighted by atomic mass is 9.95. The summed E-state index contributed by atoms with van der Waals surface area (Å²) in [5.74, 6) is 2.73. The van der Waals surface area contributed by atoms with Gasteiger partial charge in [0.2, 0.25) is 17.6 Å². The molecule has 4 rings (SSSR count). The highest BCUT2D eigenvalue weighted by Gasteiger charge is 2.28. The van der Waals surface area contributed by atoms with Gasteiger partial charge in [-0.25, -0.2) is 0 Å². The molecule has 0 N–H and O–H groups in total. The highest BCUT2D eigenvalue weighted by atomic mass is 16.5. The van der Waals surface area contributed by atoms with Crippen molar-refractivity contribution in [1.82, 2.24) is 15.0 Å². The van der Waals surface area contributed by atoms with Gasteiger partial charge >= 0.3 is 0 Å². The van der Waals surface area contributed by atoms with Gasteiger partial charge < -0.3 is 9.42 Å². The fourth-order valence-corrected chi connectivity index (χ4v) is 4.38. The van der Waals surface area contributed by atoms with Gasteiger partial charge in [0, 0.05) is 31.0 Å². The minimum atomic E-state index is 0.260. The van der Waals surface area contributed by atoms with Gasteiger partial charge in [-0.2, -0.15) is 4.98 Å². The molecule has 1 aliphatic carbocycles. The molecule has 2 fully saturated rings. The van der Waals surface area contributed by atoms with E-state index < -0.39 is 0 Å². The second-order valence-electron chi connectivity index (χ2n) is 8.17. The number of likely N-dealkylation sites (tertiary alicyclic amines) is 1. The number of piperidine rings is 1. The van der Waals surface area contributed by atoms with E-state index in [0.717, 1.165) is 43.8 Å². The Morgan fingerprint density at radius 1 is 1.11 bits per heavy atom.